The lowest BCUT2D eigenvalue weighted by atomic mass is 10.0. The third kappa shape index (κ3) is 4.93. The monoisotopic (exact) mass is 329 g/mol. The van der Waals surface area contributed by atoms with E-state index in [2.05, 4.69) is 49.0 Å². The van der Waals surface area contributed by atoms with Crippen molar-refractivity contribution in [1.82, 2.24) is 15.1 Å². The van der Waals surface area contributed by atoms with Gasteiger partial charge in [0.15, 0.2) is 0 Å². The van der Waals surface area contributed by atoms with Crippen LogP contribution >= 0.6 is 22.9 Å². The summed E-state index contributed by atoms with van der Waals surface area (Å²) >= 11 is 7.71. The fourth-order valence-corrected chi connectivity index (χ4v) is 3.99. The highest BCUT2D eigenvalue weighted by atomic mass is 35.5. The van der Waals surface area contributed by atoms with Crippen molar-refractivity contribution in [3.63, 3.8) is 0 Å². The number of rotatable bonds is 6. The van der Waals surface area contributed by atoms with E-state index >= 15 is 0 Å². The number of nitrogens with one attached hydrogen (secondary N) is 1. The summed E-state index contributed by atoms with van der Waals surface area (Å²) in [6.07, 6.45) is 0. The van der Waals surface area contributed by atoms with Gasteiger partial charge in [0.25, 0.3) is 0 Å². The van der Waals surface area contributed by atoms with E-state index in [1.165, 1.54) is 31.1 Å². The van der Waals surface area contributed by atoms with Crippen LogP contribution in [0.25, 0.3) is 0 Å². The van der Waals surface area contributed by atoms with Crippen molar-refractivity contribution in [3.8, 4) is 0 Å². The lowest BCUT2D eigenvalue weighted by Gasteiger charge is -2.40. The van der Waals surface area contributed by atoms with Crippen LogP contribution in [0.5, 0.6) is 0 Å². The van der Waals surface area contributed by atoms with Gasteiger partial charge in [-0.25, -0.2) is 0 Å². The van der Waals surface area contributed by atoms with Gasteiger partial charge in [-0.15, -0.1) is 11.3 Å². The number of likely N-dealkylation sites (N-methyl/N-ethyl adjacent to an activating group) is 1. The zero-order valence-corrected chi connectivity index (χ0v) is 15.2. The van der Waals surface area contributed by atoms with Crippen LogP contribution in [0.15, 0.2) is 12.1 Å². The maximum Gasteiger partial charge on any atom is 0.0931 e. The Morgan fingerprint density at radius 1 is 1.19 bits per heavy atom. The molecule has 0 radical (unpaired) electrons. The molecule has 120 valence electrons. The molecule has 1 saturated heterocycles. The number of nitrogens with zero attached hydrogens (tertiary/aromatic N) is 2. The Balaban J connectivity index is 1.88. The van der Waals surface area contributed by atoms with Gasteiger partial charge >= 0.3 is 0 Å². The Labute approximate surface area is 138 Å². The molecule has 2 atom stereocenters. The van der Waals surface area contributed by atoms with Crippen LogP contribution in [0.2, 0.25) is 4.34 Å². The van der Waals surface area contributed by atoms with Gasteiger partial charge < -0.3 is 10.2 Å². The van der Waals surface area contributed by atoms with Crippen molar-refractivity contribution in [3.05, 3.63) is 21.3 Å². The molecule has 2 heterocycles. The van der Waals surface area contributed by atoms with Gasteiger partial charge in [0.1, 0.15) is 0 Å². The van der Waals surface area contributed by atoms with Crippen molar-refractivity contribution in [2.75, 3.05) is 39.8 Å². The van der Waals surface area contributed by atoms with Gasteiger partial charge in [-0.1, -0.05) is 25.4 Å². The topological polar surface area (TPSA) is 18.5 Å². The predicted octanol–water partition coefficient (Wildman–Crippen LogP) is 3.32. The molecule has 2 rings (SSSR count). The Kier molecular flexibility index (Phi) is 6.51. The molecule has 1 aromatic rings. The molecule has 1 aliphatic rings. The van der Waals surface area contributed by atoms with E-state index in [4.69, 9.17) is 11.6 Å². The first kappa shape index (κ1) is 17.2. The van der Waals surface area contributed by atoms with E-state index in [0.717, 1.165) is 10.9 Å². The maximum absolute atomic E-state index is 6.03. The second kappa shape index (κ2) is 7.93. The van der Waals surface area contributed by atoms with Gasteiger partial charge in [0.05, 0.1) is 4.34 Å². The first-order chi connectivity index (χ1) is 9.97. The highest BCUT2D eigenvalue weighted by Crippen LogP contribution is 2.26. The summed E-state index contributed by atoms with van der Waals surface area (Å²) in [5.41, 5.74) is 0. The summed E-state index contributed by atoms with van der Waals surface area (Å²) in [6.45, 7) is 12.6. The largest absolute Gasteiger partial charge is 0.308 e. The molecule has 0 aromatic carbocycles. The fourth-order valence-electron chi connectivity index (χ4n) is 2.90. The molecular formula is C16H28ClN3S. The number of hydrogen-bond donors (Lipinski definition) is 1. The fraction of sp³-hybridized carbons (Fsp3) is 0.750. The minimum absolute atomic E-state index is 0.371. The van der Waals surface area contributed by atoms with Crippen LogP contribution in [0.1, 0.15) is 31.7 Å². The van der Waals surface area contributed by atoms with Crippen molar-refractivity contribution < 1.29 is 0 Å². The van der Waals surface area contributed by atoms with E-state index in [1.807, 2.05) is 6.07 Å². The summed E-state index contributed by atoms with van der Waals surface area (Å²) in [4.78, 5) is 6.38. The van der Waals surface area contributed by atoms with Gasteiger partial charge in [0, 0.05) is 49.7 Å². The summed E-state index contributed by atoms with van der Waals surface area (Å²) in [5, 5.41) is 3.70. The molecule has 1 N–H and O–H groups in total. The zero-order chi connectivity index (χ0) is 15.4. The Hall–Kier alpha value is -0.130. The second-order valence-corrected chi connectivity index (χ2v) is 8.17. The molecule has 1 aliphatic heterocycles. The molecule has 21 heavy (non-hydrogen) atoms. The molecule has 0 aliphatic carbocycles. The highest BCUT2D eigenvalue weighted by Gasteiger charge is 2.25. The van der Waals surface area contributed by atoms with Crippen molar-refractivity contribution in [2.45, 2.75) is 32.9 Å². The Morgan fingerprint density at radius 3 is 2.38 bits per heavy atom. The van der Waals surface area contributed by atoms with Crippen LogP contribution in [0.4, 0.5) is 0 Å². The number of hydrogen-bond acceptors (Lipinski definition) is 4. The lowest BCUT2D eigenvalue weighted by Crippen LogP contribution is -2.53. The van der Waals surface area contributed by atoms with Crippen molar-refractivity contribution >= 4 is 22.9 Å². The molecular weight excluding hydrogens is 302 g/mol. The van der Waals surface area contributed by atoms with Gasteiger partial charge in [-0.3, -0.25) is 4.90 Å². The molecule has 0 bridgehead atoms. The van der Waals surface area contributed by atoms with E-state index in [9.17, 15) is 0 Å². The minimum atomic E-state index is 0.371. The van der Waals surface area contributed by atoms with Crippen LogP contribution < -0.4 is 5.32 Å². The number of thiophene rings is 1. The van der Waals surface area contributed by atoms with Gasteiger partial charge in [0.2, 0.25) is 0 Å². The smallest absolute Gasteiger partial charge is 0.0931 e. The summed E-state index contributed by atoms with van der Waals surface area (Å²) in [7, 11) is 2.21. The van der Waals surface area contributed by atoms with Gasteiger partial charge in [-0.2, -0.15) is 0 Å². The molecule has 1 fully saturated rings. The van der Waals surface area contributed by atoms with Crippen LogP contribution in [-0.4, -0.2) is 55.6 Å². The normalized spacial score (nSPS) is 20.9. The quantitative estimate of drug-likeness (QED) is 0.863. The predicted molar refractivity (Wildman–Crippen MR) is 93.4 cm³/mol. The number of halogens is 1. The van der Waals surface area contributed by atoms with E-state index in [0.29, 0.717) is 18.0 Å². The third-order valence-electron chi connectivity index (χ3n) is 4.43. The zero-order valence-electron chi connectivity index (χ0n) is 13.6. The van der Waals surface area contributed by atoms with Gasteiger partial charge in [-0.05, 0) is 32.0 Å². The summed E-state index contributed by atoms with van der Waals surface area (Å²) < 4.78 is 0.873. The molecule has 0 spiro atoms. The number of piperazine rings is 1. The lowest BCUT2D eigenvalue weighted by molar-refractivity contribution is 0.0864. The van der Waals surface area contributed by atoms with Crippen LogP contribution in [-0.2, 0) is 0 Å². The van der Waals surface area contributed by atoms with Crippen LogP contribution in [0.3, 0.4) is 0 Å². The first-order valence-electron chi connectivity index (χ1n) is 7.88. The summed E-state index contributed by atoms with van der Waals surface area (Å²) in [6, 6.07) is 5.10. The molecule has 3 nitrogen and oxygen atoms in total. The Morgan fingerprint density at radius 2 is 1.86 bits per heavy atom. The molecule has 0 amide bonds. The molecule has 2 unspecified atom stereocenters. The molecule has 5 heteroatoms. The minimum Gasteiger partial charge on any atom is -0.308 e. The third-order valence-corrected chi connectivity index (χ3v) is 5.84. The van der Waals surface area contributed by atoms with E-state index < -0.39 is 0 Å². The highest BCUT2D eigenvalue weighted by molar-refractivity contribution is 7.16. The first-order valence-corrected chi connectivity index (χ1v) is 9.08. The van der Waals surface area contributed by atoms with Crippen molar-refractivity contribution in [1.29, 1.82) is 0 Å². The Bertz CT molecular complexity index is 427. The average molecular weight is 330 g/mol. The standard InChI is InChI=1S/C16H28ClN3S/c1-12(2)14(20-9-7-19(4)8-10-20)11-18-13(3)15-5-6-16(17)21-15/h5-6,12-14,18H,7-11H2,1-4H3. The second-order valence-electron chi connectivity index (χ2n) is 6.42. The van der Waals surface area contributed by atoms with E-state index in [1.54, 1.807) is 11.3 Å². The van der Waals surface area contributed by atoms with E-state index in [-0.39, 0.29) is 0 Å². The average Bonchev–Trinajstić information content (AvgIpc) is 2.87. The maximum atomic E-state index is 6.03. The summed E-state index contributed by atoms with van der Waals surface area (Å²) in [5.74, 6) is 0.667. The van der Waals surface area contributed by atoms with Crippen LogP contribution in [0, 0.1) is 5.92 Å². The van der Waals surface area contributed by atoms with Crippen molar-refractivity contribution in [2.24, 2.45) is 5.92 Å². The molecule has 0 saturated carbocycles. The SMILES string of the molecule is CC(NCC(C(C)C)N1CCN(C)CC1)c1ccc(Cl)s1. The molecule has 1 aromatic heterocycles.